The first-order valence-electron chi connectivity index (χ1n) is 10.9. The molecule has 0 N–H and O–H groups in total. The SMILES string of the molecule is Cc1ccc(-c2c3ccccc3c(-c3ccc(C)c(C(F)(F)F)c3)c3ccccc23)cc1C. The van der Waals surface area contributed by atoms with E-state index in [1.54, 1.807) is 12.1 Å². The average Bonchev–Trinajstić information content (AvgIpc) is 2.79. The molecule has 0 atom stereocenters. The molecular weight excluding hydrogens is 417 g/mol. The van der Waals surface area contributed by atoms with Gasteiger partial charge in [0.1, 0.15) is 0 Å². The maximum absolute atomic E-state index is 13.7. The molecule has 0 aliphatic heterocycles. The lowest BCUT2D eigenvalue weighted by Crippen LogP contribution is -2.07. The molecule has 0 bridgehead atoms. The average molecular weight is 441 g/mol. The standard InChI is InChI=1S/C30H23F3/c1-18-12-14-21(16-20(18)3)28-23-8-4-6-10-25(23)29(26-11-7-5-9-24(26)28)22-15-13-19(2)27(17-22)30(31,32)33/h4-17H,1-3H3. The Labute approximate surface area is 191 Å². The summed E-state index contributed by atoms with van der Waals surface area (Å²) in [6.45, 7) is 5.70. The summed E-state index contributed by atoms with van der Waals surface area (Å²) < 4.78 is 41.2. The van der Waals surface area contributed by atoms with Gasteiger partial charge in [-0.3, -0.25) is 0 Å². The van der Waals surface area contributed by atoms with Gasteiger partial charge in [0.15, 0.2) is 0 Å². The van der Waals surface area contributed by atoms with Crippen LogP contribution in [-0.2, 0) is 6.18 Å². The maximum Gasteiger partial charge on any atom is 0.416 e. The predicted octanol–water partition coefficient (Wildman–Crippen LogP) is 9.27. The highest BCUT2D eigenvalue weighted by Crippen LogP contribution is 2.45. The van der Waals surface area contributed by atoms with E-state index in [0.717, 1.165) is 38.2 Å². The smallest absolute Gasteiger partial charge is 0.166 e. The van der Waals surface area contributed by atoms with Crippen LogP contribution in [0, 0.1) is 20.8 Å². The zero-order valence-electron chi connectivity index (χ0n) is 18.7. The Morgan fingerprint density at radius 3 is 1.33 bits per heavy atom. The van der Waals surface area contributed by atoms with Crippen molar-refractivity contribution in [1.82, 2.24) is 0 Å². The van der Waals surface area contributed by atoms with Crippen LogP contribution in [0.25, 0.3) is 43.8 Å². The van der Waals surface area contributed by atoms with Crippen LogP contribution in [0.4, 0.5) is 13.2 Å². The predicted molar refractivity (Wildman–Crippen MR) is 132 cm³/mol. The molecule has 0 heterocycles. The molecule has 0 unspecified atom stereocenters. The monoisotopic (exact) mass is 440 g/mol. The van der Waals surface area contributed by atoms with E-state index in [9.17, 15) is 13.2 Å². The first kappa shape index (κ1) is 21.3. The topological polar surface area (TPSA) is 0 Å². The Morgan fingerprint density at radius 2 is 0.909 bits per heavy atom. The highest BCUT2D eigenvalue weighted by molar-refractivity contribution is 6.21. The second kappa shape index (κ2) is 7.77. The van der Waals surface area contributed by atoms with Crippen LogP contribution in [0.1, 0.15) is 22.3 Å². The van der Waals surface area contributed by atoms with E-state index in [0.29, 0.717) is 5.56 Å². The van der Waals surface area contributed by atoms with Crippen LogP contribution >= 0.6 is 0 Å². The van der Waals surface area contributed by atoms with E-state index in [2.05, 4.69) is 44.2 Å². The van der Waals surface area contributed by atoms with E-state index in [1.807, 2.05) is 36.4 Å². The molecule has 0 spiro atoms. The van der Waals surface area contributed by atoms with Crippen LogP contribution in [0.3, 0.4) is 0 Å². The number of halogens is 3. The van der Waals surface area contributed by atoms with Crippen LogP contribution in [-0.4, -0.2) is 0 Å². The van der Waals surface area contributed by atoms with Gasteiger partial charge in [0, 0.05) is 0 Å². The van der Waals surface area contributed by atoms with Crippen LogP contribution in [0.2, 0.25) is 0 Å². The van der Waals surface area contributed by atoms with Crippen molar-refractivity contribution in [1.29, 1.82) is 0 Å². The van der Waals surface area contributed by atoms with Crippen molar-refractivity contribution in [2.45, 2.75) is 26.9 Å². The molecule has 164 valence electrons. The van der Waals surface area contributed by atoms with Crippen LogP contribution < -0.4 is 0 Å². The largest absolute Gasteiger partial charge is 0.416 e. The van der Waals surface area contributed by atoms with E-state index >= 15 is 0 Å². The zero-order valence-corrected chi connectivity index (χ0v) is 18.7. The number of alkyl halides is 3. The second-order valence-corrected chi connectivity index (χ2v) is 8.67. The molecule has 5 aromatic carbocycles. The zero-order chi connectivity index (χ0) is 23.3. The Balaban J connectivity index is 1.93. The Hall–Kier alpha value is -3.59. The molecule has 0 aromatic heterocycles. The lowest BCUT2D eigenvalue weighted by Gasteiger charge is -2.19. The van der Waals surface area contributed by atoms with Gasteiger partial charge < -0.3 is 0 Å². The molecule has 33 heavy (non-hydrogen) atoms. The van der Waals surface area contributed by atoms with Crippen molar-refractivity contribution < 1.29 is 13.2 Å². The highest BCUT2D eigenvalue weighted by atomic mass is 19.4. The summed E-state index contributed by atoms with van der Waals surface area (Å²) in [5, 5.41) is 3.95. The molecular formula is C30H23F3. The number of aryl methyl sites for hydroxylation is 3. The lowest BCUT2D eigenvalue weighted by molar-refractivity contribution is -0.138. The third kappa shape index (κ3) is 3.58. The summed E-state index contributed by atoms with van der Waals surface area (Å²) in [7, 11) is 0. The van der Waals surface area contributed by atoms with Gasteiger partial charge in [0.2, 0.25) is 0 Å². The van der Waals surface area contributed by atoms with Gasteiger partial charge in [-0.05, 0) is 87.3 Å². The quantitative estimate of drug-likeness (QED) is 0.240. The molecule has 0 amide bonds. The van der Waals surface area contributed by atoms with Gasteiger partial charge in [-0.2, -0.15) is 13.2 Å². The summed E-state index contributed by atoms with van der Waals surface area (Å²) in [6, 6.07) is 27.1. The first-order chi connectivity index (χ1) is 15.8. The fourth-order valence-corrected chi connectivity index (χ4v) is 4.73. The van der Waals surface area contributed by atoms with E-state index in [-0.39, 0.29) is 5.56 Å². The first-order valence-corrected chi connectivity index (χ1v) is 10.9. The summed E-state index contributed by atoms with van der Waals surface area (Å²) in [4.78, 5) is 0. The minimum Gasteiger partial charge on any atom is -0.166 e. The molecule has 0 aliphatic rings. The van der Waals surface area contributed by atoms with Gasteiger partial charge in [-0.25, -0.2) is 0 Å². The van der Waals surface area contributed by atoms with Crippen LogP contribution in [0.15, 0.2) is 84.9 Å². The molecule has 5 aromatic rings. The molecule has 0 fully saturated rings. The summed E-state index contributed by atoms with van der Waals surface area (Å²) in [5.74, 6) is 0. The fraction of sp³-hybridized carbons (Fsp3) is 0.133. The Morgan fingerprint density at radius 1 is 0.485 bits per heavy atom. The van der Waals surface area contributed by atoms with E-state index in [4.69, 9.17) is 0 Å². The summed E-state index contributed by atoms with van der Waals surface area (Å²) in [6.07, 6.45) is -4.40. The van der Waals surface area contributed by atoms with Crippen molar-refractivity contribution in [3.05, 3.63) is 107 Å². The van der Waals surface area contributed by atoms with Crippen LogP contribution in [0.5, 0.6) is 0 Å². The number of benzene rings is 5. The van der Waals surface area contributed by atoms with Gasteiger partial charge >= 0.3 is 6.18 Å². The normalized spacial score (nSPS) is 11.9. The Kier molecular flexibility index (Phi) is 5.01. The minimum atomic E-state index is -4.40. The molecule has 0 nitrogen and oxygen atoms in total. The van der Waals surface area contributed by atoms with E-state index < -0.39 is 11.7 Å². The van der Waals surface area contributed by atoms with Gasteiger partial charge in [-0.1, -0.05) is 78.9 Å². The minimum absolute atomic E-state index is 0.228. The molecule has 0 saturated carbocycles. The second-order valence-electron chi connectivity index (χ2n) is 8.67. The van der Waals surface area contributed by atoms with Crippen molar-refractivity contribution >= 4 is 21.5 Å². The lowest BCUT2D eigenvalue weighted by atomic mass is 9.85. The van der Waals surface area contributed by atoms with Crippen molar-refractivity contribution in [2.24, 2.45) is 0 Å². The van der Waals surface area contributed by atoms with E-state index in [1.165, 1.54) is 24.1 Å². The third-order valence-corrected chi connectivity index (χ3v) is 6.56. The maximum atomic E-state index is 13.7. The van der Waals surface area contributed by atoms with Crippen molar-refractivity contribution in [2.75, 3.05) is 0 Å². The number of rotatable bonds is 2. The summed E-state index contributed by atoms with van der Waals surface area (Å²) in [5.41, 5.74) is 5.69. The molecule has 3 heteroatoms. The fourth-order valence-electron chi connectivity index (χ4n) is 4.73. The van der Waals surface area contributed by atoms with Gasteiger partial charge in [0.25, 0.3) is 0 Å². The van der Waals surface area contributed by atoms with Gasteiger partial charge in [0.05, 0.1) is 5.56 Å². The molecule has 0 aliphatic carbocycles. The number of hydrogen-bond donors (Lipinski definition) is 0. The van der Waals surface area contributed by atoms with Gasteiger partial charge in [-0.15, -0.1) is 0 Å². The van der Waals surface area contributed by atoms with Crippen molar-refractivity contribution in [3.63, 3.8) is 0 Å². The Bertz CT molecular complexity index is 1470. The van der Waals surface area contributed by atoms with Crippen molar-refractivity contribution in [3.8, 4) is 22.3 Å². The molecule has 0 radical (unpaired) electrons. The number of hydrogen-bond acceptors (Lipinski definition) is 0. The molecule has 0 saturated heterocycles. The molecule has 5 rings (SSSR count). The third-order valence-electron chi connectivity index (χ3n) is 6.56. The summed E-state index contributed by atoms with van der Waals surface area (Å²) >= 11 is 0. The number of fused-ring (bicyclic) bond motifs is 2. The highest BCUT2D eigenvalue weighted by Gasteiger charge is 2.32.